The SMILES string of the molecule is CN(c1ccc(C(=O)O)cc1)S(=O)(=O)c1ccc(I)cc1. The lowest BCUT2D eigenvalue weighted by Gasteiger charge is -2.19. The van der Waals surface area contributed by atoms with Crippen molar-refractivity contribution in [1.29, 1.82) is 0 Å². The van der Waals surface area contributed by atoms with Crippen LogP contribution in [0.25, 0.3) is 0 Å². The zero-order valence-electron chi connectivity index (χ0n) is 11.0. The number of benzene rings is 2. The molecule has 0 unspecified atom stereocenters. The highest BCUT2D eigenvalue weighted by atomic mass is 127. The highest BCUT2D eigenvalue weighted by molar-refractivity contribution is 14.1. The molecule has 2 rings (SSSR count). The lowest BCUT2D eigenvalue weighted by Crippen LogP contribution is -2.26. The average molecular weight is 417 g/mol. The maximum Gasteiger partial charge on any atom is 0.335 e. The molecule has 0 saturated carbocycles. The Balaban J connectivity index is 2.35. The van der Waals surface area contributed by atoms with Crippen LogP contribution in [-0.2, 0) is 10.0 Å². The van der Waals surface area contributed by atoms with Gasteiger partial charge in [-0.3, -0.25) is 4.31 Å². The summed E-state index contributed by atoms with van der Waals surface area (Å²) in [5.41, 5.74) is 0.511. The van der Waals surface area contributed by atoms with Crippen molar-refractivity contribution in [3.8, 4) is 0 Å². The third-order valence-corrected chi connectivity index (χ3v) is 5.47. The molecule has 0 aliphatic carbocycles. The Morgan fingerprint density at radius 1 is 1.05 bits per heavy atom. The van der Waals surface area contributed by atoms with E-state index in [9.17, 15) is 13.2 Å². The van der Waals surface area contributed by atoms with Gasteiger partial charge in [-0.1, -0.05) is 0 Å². The highest BCUT2D eigenvalue weighted by Gasteiger charge is 2.21. The summed E-state index contributed by atoms with van der Waals surface area (Å²) in [6, 6.07) is 12.2. The molecule has 0 aliphatic heterocycles. The maximum absolute atomic E-state index is 12.5. The molecule has 0 heterocycles. The van der Waals surface area contributed by atoms with Crippen LogP contribution in [0, 0.1) is 3.57 Å². The van der Waals surface area contributed by atoms with Crippen LogP contribution in [0.4, 0.5) is 5.69 Å². The van der Waals surface area contributed by atoms with E-state index in [0.29, 0.717) is 5.69 Å². The highest BCUT2D eigenvalue weighted by Crippen LogP contribution is 2.23. The summed E-state index contributed by atoms with van der Waals surface area (Å²) in [6.07, 6.45) is 0. The van der Waals surface area contributed by atoms with Gasteiger partial charge in [-0.05, 0) is 71.1 Å². The number of carboxylic acids is 1. The zero-order chi connectivity index (χ0) is 15.6. The third-order valence-electron chi connectivity index (χ3n) is 2.95. The molecule has 0 saturated heterocycles. The van der Waals surface area contributed by atoms with Crippen molar-refractivity contribution >= 4 is 44.3 Å². The molecule has 0 spiro atoms. The van der Waals surface area contributed by atoms with E-state index in [-0.39, 0.29) is 10.5 Å². The molecule has 0 atom stereocenters. The van der Waals surface area contributed by atoms with Gasteiger partial charge in [-0.2, -0.15) is 0 Å². The van der Waals surface area contributed by atoms with E-state index >= 15 is 0 Å². The predicted molar refractivity (Wildman–Crippen MR) is 88.1 cm³/mol. The fourth-order valence-corrected chi connectivity index (χ4v) is 3.27. The molecule has 7 heteroatoms. The molecule has 0 aliphatic rings. The first-order valence-electron chi connectivity index (χ1n) is 5.90. The second kappa shape index (κ2) is 6.02. The number of rotatable bonds is 4. The maximum atomic E-state index is 12.5. The van der Waals surface area contributed by atoms with E-state index in [1.54, 1.807) is 24.3 Å². The minimum Gasteiger partial charge on any atom is -0.478 e. The summed E-state index contributed by atoms with van der Waals surface area (Å²) in [5, 5.41) is 8.85. The largest absolute Gasteiger partial charge is 0.478 e. The monoisotopic (exact) mass is 417 g/mol. The number of halogens is 1. The van der Waals surface area contributed by atoms with Crippen LogP contribution in [0.5, 0.6) is 0 Å². The number of hydrogen-bond acceptors (Lipinski definition) is 3. The van der Waals surface area contributed by atoms with Crippen molar-refractivity contribution in [2.75, 3.05) is 11.4 Å². The number of sulfonamides is 1. The van der Waals surface area contributed by atoms with Gasteiger partial charge in [0.2, 0.25) is 0 Å². The summed E-state index contributed by atoms with van der Waals surface area (Å²) in [4.78, 5) is 11.0. The Kier molecular flexibility index (Phi) is 4.52. The topological polar surface area (TPSA) is 74.7 Å². The molecule has 0 fully saturated rings. The molecular weight excluding hydrogens is 405 g/mol. The molecule has 1 N–H and O–H groups in total. The van der Waals surface area contributed by atoms with Crippen molar-refractivity contribution in [1.82, 2.24) is 0 Å². The number of carboxylic acid groups (broad SMARTS) is 1. The van der Waals surface area contributed by atoms with Crippen LogP contribution in [0.15, 0.2) is 53.4 Å². The molecule has 0 amide bonds. The van der Waals surface area contributed by atoms with Gasteiger partial charge in [0.15, 0.2) is 0 Å². The van der Waals surface area contributed by atoms with Crippen LogP contribution in [-0.4, -0.2) is 26.5 Å². The third kappa shape index (κ3) is 3.35. The Hall–Kier alpha value is -1.61. The second-order valence-electron chi connectivity index (χ2n) is 4.28. The van der Waals surface area contributed by atoms with Crippen molar-refractivity contribution in [2.45, 2.75) is 4.90 Å². The smallest absolute Gasteiger partial charge is 0.335 e. The molecule has 5 nitrogen and oxygen atoms in total. The van der Waals surface area contributed by atoms with Gasteiger partial charge in [0.05, 0.1) is 16.1 Å². The summed E-state index contributed by atoms with van der Waals surface area (Å²) in [6.45, 7) is 0. The van der Waals surface area contributed by atoms with Gasteiger partial charge in [0.1, 0.15) is 0 Å². The number of carbonyl (C=O) groups is 1. The fraction of sp³-hybridized carbons (Fsp3) is 0.0714. The predicted octanol–water partition coefficient (Wildman–Crippen LogP) is 2.81. The van der Waals surface area contributed by atoms with E-state index in [1.807, 2.05) is 0 Å². The van der Waals surface area contributed by atoms with Crippen molar-refractivity contribution in [3.05, 3.63) is 57.7 Å². The Bertz CT molecular complexity index is 755. The lowest BCUT2D eigenvalue weighted by atomic mass is 10.2. The molecule has 0 radical (unpaired) electrons. The van der Waals surface area contributed by atoms with Gasteiger partial charge >= 0.3 is 5.97 Å². The van der Waals surface area contributed by atoms with Crippen LogP contribution >= 0.6 is 22.6 Å². The summed E-state index contributed by atoms with van der Waals surface area (Å²) < 4.78 is 27.0. The lowest BCUT2D eigenvalue weighted by molar-refractivity contribution is 0.0697. The average Bonchev–Trinajstić information content (AvgIpc) is 2.47. The quantitative estimate of drug-likeness (QED) is 0.777. The summed E-state index contributed by atoms with van der Waals surface area (Å²) >= 11 is 2.10. The fourth-order valence-electron chi connectivity index (χ4n) is 1.72. The zero-order valence-corrected chi connectivity index (χ0v) is 14.0. The van der Waals surface area contributed by atoms with Gasteiger partial charge in [0, 0.05) is 10.6 Å². The standard InChI is InChI=1S/C14H12INO4S/c1-16(12-6-2-10(3-7-12)14(17)18)21(19,20)13-8-4-11(15)5-9-13/h2-9H,1H3,(H,17,18). The summed E-state index contributed by atoms with van der Waals surface area (Å²) in [7, 11) is -2.23. The van der Waals surface area contributed by atoms with Gasteiger partial charge in [0.25, 0.3) is 10.0 Å². The van der Waals surface area contributed by atoms with Crippen LogP contribution in [0.3, 0.4) is 0 Å². The van der Waals surface area contributed by atoms with Gasteiger partial charge < -0.3 is 5.11 Å². The van der Waals surface area contributed by atoms with E-state index < -0.39 is 16.0 Å². The first-order chi connectivity index (χ1) is 9.82. The van der Waals surface area contributed by atoms with E-state index in [1.165, 1.54) is 31.3 Å². The van der Waals surface area contributed by atoms with E-state index in [4.69, 9.17) is 5.11 Å². The molecule has 21 heavy (non-hydrogen) atoms. The van der Waals surface area contributed by atoms with Crippen molar-refractivity contribution in [2.24, 2.45) is 0 Å². The first kappa shape index (κ1) is 15.8. The van der Waals surface area contributed by atoms with Gasteiger partial charge in [-0.15, -0.1) is 0 Å². The number of aromatic carboxylic acids is 1. The summed E-state index contributed by atoms with van der Waals surface area (Å²) in [5.74, 6) is -1.05. The molecular formula is C14H12INO4S. The first-order valence-corrected chi connectivity index (χ1v) is 8.42. The van der Waals surface area contributed by atoms with Crippen LogP contribution in [0.2, 0.25) is 0 Å². The van der Waals surface area contributed by atoms with E-state index in [2.05, 4.69) is 22.6 Å². The molecule has 0 bridgehead atoms. The van der Waals surface area contributed by atoms with Crippen molar-refractivity contribution < 1.29 is 18.3 Å². The number of hydrogen-bond donors (Lipinski definition) is 1. The minimum absolute atomic E-state index is 0.110. The number of nitrogens with zero attached hydrogens (tertiary/aromatic N) is 1. The number of anilines is 1. The van der Waals surface area contributed by atoms with Gasteiger partial charge in [-0.25, -0.2) is 13.2 Å². The Morgan fingerprint density at radius 3 is 2.05 bits per heavy atom. The second-order valence-corrected chi connectivity index (χ2v) is 7.49. The van der Waals surface area contributed by atoms with Crippen molar-refractivity contribution in [3.63, 3.8) is 0 Å². The Morgan fingerprint density at radius 2 is 1.57 bits per heavy atom. The Labute approximate surface area is 136 Å². The molecule has 110 valence electrons. The van der Waals surface area contributed by atoms with Crippen LogP contribution < -0.4 is 4.31 Å². The molecule has 2 aromatic carbocycles. The van der Waals surface area contributed by atoms with Crippen LogP contribution in [0.1, 0.15) is 10.4 Å². The molecule has 2 aromatic rings. The normalized spacial score (nSPS) is 11.1. The minimum atomic E-state index is -3.66. The van der Waals surface area contributed by atoms with E-state index in [0.717, 1.165) is 7.88 Å². The molecule has 0 aromatic heterocycles.